The fraction of sp³-hybridized carbons (Fsp3) is 0.0909. The van der Waals surface area contributed by atoms with Crippen LogP contribution in [0.4, 0.5) is 0 Å². The van der Waals surface area contributed by atoms with Crippen molar-refractivity contribution >= 4 is 27.5 Å². The number of hydrogen-bond donors (Lipinski definition) is 0. The van der Waals surface area contributed by atoms with E-state index in [9.17, 15) is 0 Å². The Bertz CT molecular complexity index is 500. The summed E-state index contributed by atoms with van der Waals surface area (Å²) in [5.74, 6) is 0. The minimum absolute atomic E-state index is 0.430. The van der Waals surface area contributed by atoms with E-state index in [1.165, 1.54) is 0 Å². The van der Waals surface area contributed by atoms with Crippen molar-refractivity contribution < 1.29 is 0 Å². The molecule has 2 aromatic rings. The summed E-state index contributed by atoms with van der Waals surface area (Å²) in [4.78, 5) is 8.21. The van der Waals surface area contributed by atoms with Crippen molar-refractivity contribution in [1.29, 1.82) is 0 Å². The van der Waals surface area contributed by atoms with Crippen LogP contribution >= 0.6 is 27.5 Å². The largest absolute Gasteiger partial charge is 0.251 e. The molecule has 0 aliphatic rings. The molecule has 2 nitrogen and oxygen atoms in total. The molecule has 0 aliphatic carbocycles. The van der Waals surface area contributed by atoms with Crippen LogP contribution < -0.4 is 0 Å². The van der Waals surface area contributed by atoms with Gasteiger partial charge in [0, 0.05) is 22.4 Å². The van der Waals surface area contributed by atoms with E-state index in [1.807, 2.05) is 25.1 Å². The molecule has 76 valence electrons. The van der Waals surface area contributed by atoms with Crippen LogP contribution in [-0.4, -0.2) is 9.97 Å². The molecule has 0 fully saturated rings. The van der Waals surface area contributed by atoms with Crippen LogP contribution in [0.5, 0.6) is 0 Å². The molecule has 0 saturated heterocycles. The van der Waals surface area contributed by atoms with Crippen LogP contribution in [0.3, 0.4) is 0 Å². The van der Waals surface area contributed by atoms with Gasteiger partial charge in [-0.2, -0.15) is 0 Å². The van der Waals surface area contributed by atoms with Crippen molar-refractivity contribution in [3.8, 4) is 11.3 Å². The Morgan fingerprint density at radius 1 is 1.20 bits per heavy atom. The Morgan fingerprint density at radius 2 is 1.93 bits per heavy atom. The monoisotopic (exact) mass is 282 g/mol. The van der Waals surface area contributed by atoms with Gasteiger partial charge in [0.1, 0.15) is 5.69 Å². The molecular weight excluding hydrogens is 275 g/mol. The molecule has 0 amide bonds. The average Bonchev–Trinajstić information content (AvgIpc) is 2.23. The van der Waals surface area contributed by atoms with Gasteiger partial charge in [0.15, 0.2) is 5.15 Å². The molecule has 1 aromatic carbocycles. The van der Waals surface area contributed by atoms with Crippen molar-refractivity contribution in [3.05, 3.63) is 45.8 Å². The van der Waals surface area contributed by atoms with Crippen LogP contribution in [0.1, 0.15) is 5.56 Å². The maximum Gasteiger partial charge on any atom is 0.155 e. The third-order valence-electron chi connectivity index (χ3n) is 2.08. The molecule has 0 atom stereocenters. The van der Waals surface area contributed by atoms with E-state index >= 15 is 0 Å². The molecule has 15 heavy (non-hydrogen) atoms. The highest BCUT2D eigenvalue weighted by Gasteiger charge is 2.06. The Balaban J connectivity index is 2.55. The van der Waals surface area contributed by atoms with E-state index in [4.69, 9.17) is 11.6 Å². The van der Waals surface area contributed by atoms with Gasteiger partial charge in [-0.15, -0.1) is 0 Å². The molecule has 0 saturated carbocycles. The van der Waals surface area contributed by atoms with Gasteiger partial charge < -0.3 is 0 Å². The summed E-state index contributed by atoms with van der Waals surface area (Å²) in [6, 6.07) is 5.97. The van der Waals surface area contributed by atoms with Crippen LogP contribution in [0.15, 0.2) is 35.1 Å². The average molecular weight is 284 g/mol. The summed E-state index contributed by atoms with van der Waals surface area (Å²) in [5.41, 5.74) is 2.85. The van der Waals surface area contributed by atoms with Crippen molar-refractivity contribution in [2.45, 2.75) is 6.92 Å². The van der Waals surface area contributed by atoms with E-state index in [2.05, 4.69) is 25.9 Å². The number of hydrogen-bond acceptors (Lipinski definition) is 2. The predicted molar refractivity (Wildman–Crippen MR) is 64.9 cm³/mol. The second-order valence-corrected chi connectivity index (χ2v) is 4.37. The molecule has 0 radical (unpaired) electrons. The third kappa shape index (κ3) is 2.19. The standard InChI is InChI=1S/C11H8BrClN2/c1-7-6-8(2-3-9(7)12)10-11(13)15-5-4-14-10/h2-6H,1H3. The summed E-state index contributed by atoms with van der Waals surface area (Å²) in [6.45, 7) is 2.03. The molecule has 1 aromatic heterocycles. The predicted octanol–water partition coefficient (Wildman–Crippen LogP) is 3.87. The molecule has 0 unspecified atom stereocenters. The van der Waals surface area contributed by atoms with Crippen LogP contribution in [0.25, 0.3) is 11.3 Å². The van der Waals surface area contributed by atoms with Gasteiger partial charge in [0.25, 0.3) is 0 Å². The van der Waals surface area contributed by atoms with Crippen molar-refractivity contribution in [2.24, 2.45) is 0 Å². The molecular formula is C11H8BrClN2. The van der Waals surface area contributed by atoms with Gasteiger partial charge >= 0.3 is 0 Å². The fourth-order valence-corrected chi connectivity index (χ4v) is 1.77. The molecule has 2 rings (SSSR count). The Hall–Kier alpha value is -0.930. The van der Waals surface area contributed by atoms with E-state index in [0.29, 0.717) is 5.15 Å². The number of nitrogens with zero attached hydrogens (tertiary/aromatic N) is 2. The summed E-state index contributed by atoms with van der Waals surface area (Å²) in [5, 5.41) is 0.430. The molecule has 0 N–H and O–H groups in total. The summed E-state index contributed by atoms with van der Waals surface area (Å²) in [6.07, 6.45) is 3.22. The van der Waals surface area contributed by atoms with Crippen LogP contribution in [0, 0.1) is 6.92 Å². The van der Waals surface area contributed by atoms with Crippen molar-refractivity contribution in [1.82, 2.24) is 9.97 Å². The van der Waals surface area contributed by atoms with Gasteiger partial charge in [-0.05, 0) is 24.6 Å². The van der Waals surface area contributed by atoms with Gasteiger partial charge in [-0.1, -0.05) is 33.6 Å². The lowest BCUT2D eigenvalue weighted by Crippen LogP contribution is -1.88. The molecule has 4 heteroatoms. The number of rotatable bonds is 1. The Kier molecular flexibility index (Phi) is 3.03. The lowest BCUT2D eigenvalue weighted by Gasteiger charge is -2.04. The second kappa shape index (κ2) is 4.29. The molecule has 0 spiro atoms. The number of aryl methyl sites for hydroxylation is 1. The Labute approximate surface area is 101 Å². The highest BCUT2D eigenvalue weighted by atomic mass is 79.9. The minimum Gasteiger partial charge on any atom is -0.251 e. The van der Waals surface area contributed by atoms with Gasteiger partial charge in [-0.3, -0.25) is 4.98 Å². The SMILES string of the molecule is Cc1cc(-c2nccnc2Cl)ccc1Br. The highest BCUT2D eigenvalue weighted by Crippen LogP contribution is 2.26. The number of aromatic nitrogens is 2. The van der Waals surface area contributed by atoms with Gasteiger partial charge in [0.2, 0.25) is 0 Å². The van der Waals surface area contributed by atoms with E-state index < -0.39 is 0 Å². The quantitative estimate of drug-likeness (QED) is 0.794. The number of halogens is 2. The second-order valence-electron chi connectivity index (χ2n) is 3.16. The normalized spacial score (nSPS) is 10.3. The first-order chi connectivity index (χ1) is 7.18. The number of benzene rings is 1. The maximum absolute atomic E-state index is 5.97. The first kappa shape index (κ1) is 10.6. The third-order valence-corrected chi connectivity index (χ3v) is 3.25. The zero-order valence-corrected chi connectivity index (χ0v) is 10.4. The smallest absolute Gasteiger partial charge is 0.155 e. The van der Waals surface area contributed by atoms with Crippen molar-refractivity contribution in [2.75, 3.05) is 0 Å². The van der Waals surface area contributed by atoms with Crippen LogP contribution in [0.2, 0.25) is 5.15 Å². The van der Waals surface area contributed by atoms with Gasteiger partial charge in [-0.25, -0.2) is 4.98 Å². The summed E-state index contributed by atoms with van der Waals surface area (Å²) in [7, 11) is 0. The zero-order chi connectivity index (χ0) is 10.8. The lowest BCUT2D eigenvalue weighted by molar-refractivity contribution is 1.20. The first-order valence-electron chi connectivity index (χ1n) is 4.41. The van der Waals surface area contributed by atoms with Crippen molar-refractivity contribution in [3.63, 3.8) is 0 Å². The maximum atomic E-state index is 5.97. The molecule has 0 bridgehead atoms. The van der Waals surface area contributed by atoms with E-state index in [1.54, 1.807) is 12.4 Å². The summed E-state index contributed by atoms with van der Waals surface area (Å²) >= 11 is 9.42. The minimum atomic E-state index is 0.430. The topological polar surface area (TPSA) is 25.8 Å². The highest BCUT2D eigenvalue weighted by molar-refractivity contribution is 9.10. The zero-order valence-electron chi connectivity index (χ0n) is 8.04. The molecule has 0 aliphatic heterocycles. The fourth-order valence-electron chi connectivity index (χ4n) is 1.31. The summed E-state index contributed by atoms with van der Waals surface area (Å²) < 4.78 is 1.08. The van der Waals surface area contributed by atoms with Gasteiger partial charge in [0.05, 0.1) is 0 Å². The first-order valence-corrected chi connectivity index (χ1v) is 5.58. The van der Waals surface area contributed by atoms with E-state index in [-0.39, 0.29) is 0 Å². The molecule has 1 heterocycles. The van der Waals surface area contributed by atoms with E-state index in [0.717, 1.165) is 21.3 Å². The Morgan fingerprint density at radius 3 is 2.60 bits per heavy atom. The van der Waals surface area contributed by atoms with Crippen LogP contribution in [-0.2, 0) is 0 Å². The lowest BCUT2D eigenvalue weighted by atomic mass is 10.1.